The van der Waals surface area contributed by atoms with Gasteiger partial charge in [0.25, 0.3) is 0 Å². The fourth-order valence-corrected chi connectivity index (χ4v) is 1.64. The lowest BCUT2D eigenvalue weighted by Crippen LogP contribution is -1.94. The smallest absolute Gasteiger partial charge is 0.322 e. The second-order valence-corrected chi connectivity index (χ2v) is 4.32. The van der Waals surface area contributed by atoms with Gasteiger partial charge in [0.05, 0.1) is 33.1 Å². The van der Waals surface area contributed by atoms with E-state index in [1.165, 1.54) is 24.5 Å². The Bertz CT molecular complexity index is 545. The molecule has 17 heavy (non-hydrogen) atoms. The maximum atomic E-state index is 5.93. The van der Waals surface area contributed by atoms with Crippen LogP contribution in [0.3, 0.4) is 0 Å². The number of nitrogen functional groups attached to an aromatic ring is 1. The van der Waals surface area contributed by atoms with Gasteiger partial charge in [-0.15, -0.1) is 0 Å². The number of hydrogen-bond acceptors (Lipinski definition) is 4. The second-order valence-electron chi connectivity index (χ2n) is 3.10. The summed E-state index contributed by atoms with van der Waals surface area (Å²) in [5, 5.41) is 1.00. The number of hydrogen-bond donors (Lipinski definition) is 1. The first-order valence-electron chi connectivity index (χ1n) is 4.46. The Balaban J connectivity index is 2.30. The van der Waals surface area contributed by atoms with Crippen molar-refractivity contribution in [1.82, 2.24) is 9.97 Å². The van der Waals surface area contributed by atoms with Crippen LogP contribution in [-0.2, 0) is 0 Å². The predicted octanol–water partition coefficient (Wildman–Crippen LogP) is 3.81. The highest BCUT2D eigenvalue weighted by atomic mass is 35.5. The van der Waals surface area contributed by atoms with Gasteiger partial charge < -0.3 is 10.5 Å². The maximum Gasteiger partial charge on any atom is 0.322 e. The van der Waals surface area contributed by atoms with Crippen LogP contribution in [0.2, 0.25) is 15.1 Å². The Morgan fingerprint density at radius 2 is 1.53 bits per heavy atom. The molecule has 0 aliphatic rings. The zero-order chi connectivity index (χ0) is 12.4. The lowest BCUT2D eigenvalue weighted by atomic mass is 10.3. The van der Waals surface area contributed by atoms with Crippen molar-refractivity contribution in [2.45, 2.75) is 0 Å². The molecule has 2 rings (SSSR count). The number of aromatic nitrogens is 2. The average Bonchev–Trinajstić information content (AvgIpc) is 2.29. The normalized spacial score (nSPS) is 10.3. The van der Waals surface area contributed by atoms with E-state index in [0.29, 0.717) is 26.5 Å². The standard InChI is InChI=1S/C10H6Cl3N3O/c11-6-1-8(13)9(2-7(6)12)17-10-15-3-5(14)4-16-10/h1-4H,14H2. The highest BCUT2D eigenvalue weighted by Crippen LogP contribution is 2.35. The van der Waals surface area contributed by atoms with Crippen LogP contribution >= 0.6 is 34.8 Å². The molecule has 0 bridgehead atoms. The van der Waals surface area contributed by atoms with Crippen molar-refractivity contribution < 1.29 is 4.74 Å². The molecule has 0 unspecified atom stereocenters. The lowest BCUT2D eigenvalue weighted by Gasteiger charge is -2.07. The SMILES string of the molecule is Nc1cnc(Oc2cc(Cl)c(Cl)cc2Cl)nc1. The summed E-state index contributed by atoms with van der Waals surface area (Å²) in [4.78, 5) is 7.75. The van der Waals surface area contributed by atoms with Crippen molar-refractivity contribution in [1.29, 1.82) is 0 Å². The number of nitrogens with two attached hydrogens (primary N) is 1. The molecule has 0 radical (unpaired) electrons. The van der Waals surface area contributed by atoms with E-state index < -0.39 is 0 Å². The van der Waals surface area contributed by atoms with E-state index in [1.807, 2.05) is 0 Å². The van der Waals surface area contributed by atoms with Crippen LogP contribution in [0.15, 0.2) is 24.5 Å². The number of rotatable bonds is 2. The second kappa shape index (κ2) is 4.96. The van der Waals surface area contributed by atoms with E-state index in [0.717, 1.165) is 0 Å². The molecule has 1 aromatic carbocycles. The van der Waals surface area contributed by atoms with Gasteiger partial charge in [-0.05, 0) is 6.07 Å². The van der Waals surface area contributed by atoms with Gasteiger partial charge in [0, 0.05) is 6.07 Å². The molecule has 4 nitrogen and oxygen atoms in total. The van der Waals surface area contributed by atoms with Gasteiger partial charge in [-0.25, -0.2) is 9.97 Å². The fourth-order valence-electron chi connectivity index (χ4n) is 1.06. The molecule has 1 aromatic heterocycles. The minimum absolute atomic E-state index is 0.125. The third-order valence-corrected chi connectivity index (χ3v) is 2.84. The van der Waals surface area contributed by atoms with Crippen molar-refractivity contribution in [3.8, 4) is 11.8 Å². The third kappa shape index (κ3) is 2.91. The number of ether oxygens (including phenoxy) is 1. The topological polar surface area (TPSA) is 61.0 Å². The Hall–Kier alpha value is -1.23. The fraction of sp³-hybridized carbons (Fsp3) is 0. The first kappa shape index (κ1) is 12.2. The Morgan fingerprint density at radius 3 is 2.18 bits per heavy atom. The summed E-state index contributed by atoms with van der Waals surface area (Å²) in [5.74, 6) is 0.325. The number of halogens is 3. The predicted molar refractivity (Wildman–Crippen MR) is 68.0 cm³/mol. The first-order chi connectivity index (χ1) is 8.06. The van der Waals surface area contributed by atoms with Crippen molar-refractivity contribution >= 4 is 40.5 Å². The van der Waals surface area contributed by atoms with E-state index in [-0.39, 0.29) is 6.01 Å². The van der Waals surface area contributed by atoms with Crippen LogP contribution in [-0.4, -0.2) is 9.97 Å². The molecule has 0 saturated carbocycles. The van der Waals surface area contributed by atoms with Crippen LogP contribution in [0, 0.1) is 0 Å². The van der Waals surface area contributed by atoms with Crippen molar-refractivity contribution in [2.75, 3.05) is 5.73 Å². The minimum Gasteiger partial charge on any atom is -0.423 e. The van der Waals surface area contributed by atoms with Gasteiger partial charge in [0.15, 0.2) is 5.75 Å². The largest absolute Gasteiger partial charge is 0.423 e. The highest BCUT2D eigenvalue weighted by molar-refractivity contribution is 6.43. The lowest BCUT2D eigenvalue weighted by molar-refractivity contribution is 0.442. The quantitative estimate of drug-likeness (QED) is 0.854. The molecule has 7 heteroatoms. The molecule has 0 fully saturated rings. The highest BCUT2D eigenvalue weighted by Gasteiger charge is 2.09. The molecule has 0 amide bonds. The van der Waals surface area contributed by atoms with Crippen molar-refractivity contribution in [3.63, 3.8) is 0 Å². The number of benzene rings is 1. The molecule has 0 aliphatic heterocycles. The maximum absolute atomic E-state index is 5.93. The van der Waals surface area contributed by atoms with Crippen LogP contribution in [0.4, 0.5) is 5.69 Å². The summed E-state index contributed by atoms with van der Waals surface area (Å²) in [6.07, 6.45) is 2.85. The van der Waals surface area contributed by atoms with Crippen LogP contribution in [0.5, 0.6) is 11.8 Å². The molecular formula is C10H6Cl3N3O. The van der Waals surface area contributed by atoms with E-state index in [2.05, 4.69) is 9.97 Å². The first-order valence-corrected chi connectivity index (χ1v) is 5.59. The molecule has 1 heterocycles. The molecule has 88 valence electrons. The van der Waals surface area contributed by atoms with Crippen molar-refractivity contribution in [3.05, 3.63) is 39.6 Å². The Labute approximate surface area is 112 Å². The summed E-state index contributed by atoms with van der Waals surface area (Å²) in [7, 11) is 0. The average molecular weight is 291 g/mol. The summed E-state index contributed by atoms with van der Waals surface area (Å²) in [5.41, 5.74) is 5.89. The molecule has 0 saturated heterocycles. The summed E-state index contributed by atoms with van der Waals surface area (Å²) >= 11 is 17.6. The molecule has 2 N–H and O–H groups in total. The molecular weight excluding hydrogens is 284 g/mol. The Kier molecular flexibility index (Phi) is 3.57. The van der Waals surface area contributed by atoms with Crippen LogP contribution in [0.1, 0.15) is 0 Å². The van der Waals surface area contributed by atoms with Gasteiger partial charge in [-0.1, -0.05) is 34.8 Å². The van der Waals surface area contributed by atoms with Gasteiger partial charge in [0.1, 0.15) is 0 Å². The Morgan fingerprint density at radius 1 is 0.941 bits per heavy atom. The van der Waals surface area contributed by atoms with E-state index in [4.69, 9.17) is 45.3 Å². The monoisotopic (exact) mass is 289 g/mol. The molecule has 0 aliphatic carbocycles. The van der Waals surface area contributed by atoms with Gasteiger partial charge >= 0.3 is 6.01 Å². The van der Waals surface area contributed by atoms with E-state index in [1.54, 1.807) is 0 Å². The van der Waals surface area contributed by atoms with E-state index in [9.17, 15) is 0 Å². The van der Waals surface area contributed by atoms with Crippen LogP contribution < -0.4 is 10.5 Å². The summed E-state index contributed by atoms with van der Waals surface area (Å²) in [6.45, 7) is 0. The summed E-state index contributed by atoms with van der Waals surface area (Å²) < 4.78 is 5.35. The zero-order valence-corrected chi connectivity index (χ0v) is 10.6. The zero-order valence-electron chi connectivity index (χ0n) is 8.32. The number of nitrogens with zero attached hydrogens (tertiary/aromatic N) is 2. The van der Waals surface area contributed by atoms with Gasteiger partial charge in [-0.3, -0.25) is 0 Å². The third-order valence-electron chi connectivity index (χ3n) is 1.82. The summed E-state index contributed by atoms with van der Waals surface area (Å²) in [6, 6.07) is 3.10. The van der Waals surface area contributed by atoms with Gasteiger partial charge in [-0.2, -0.15) is 0 Å². The van der Waals surface area contributed by atoms with Crippen molar-refractivity contribution in [2.24, 2.45) is 0 Å². The van der Waals surface area contributed by atoms with Gasteiger partial charge in [0.2, 0.25) is 0 Å². The molecule has 0 atom stereocenters. The molecule has 2 aromatic rings. The minimum atomic E-state index is 0.125. The molecule has 0 spiro atoms. The van der Waals surface area contributed by atoms with Crippen LogP contribution in [0.25, 0.3) is 0 Å². The number of anilines is 1. The van der Waals surface area contributed by atoms with E-state index >= 15 is 0 Å².